The number of alkyl halides is 6. The van der Waals surface area contributed by atoms with Crippen LogP contribution in [0.3, 0.4) is 0 Å². The lowest BCUT2D eigenvalue weighted by atomic mass is 9.98. The zero-order chi connectivity index (χ0) is 40.9. The van der Waals surface area contributed by atoms with E-state index in [0.717, 1.165) is 6.08 Å². The van der Waals surface area contributed by atoms with Crippen LogP contribution in [-0.4, -0.2) is 50.3 Å². The topological polar surface area (TPSA) is 129 Å². The molecule has 0 fully saturated rings. The Balaban J connectivity index is 2.44. The van der Waals surface area contributed by atoms with Crippen LogP contribution < -0.4 is 10.2 Å². The summed E-state index contributed by atoms with van der Waals surface area (Å²) in [6.45, 7) is 18.3. The molecular formula is C37H45F6N5O6. The first-order valence-electron chi connectivity index (χ1n) is 16.7. The number of ether oxygens (including phenoxy) is 3. The first-order valence-corrected chi connectivity index (χ1v) is 16.7. The van der Waals surface area contributed by atoms with Crippen molar-refractivity contribution >= 4 is 23.7 Å². The summed E-state index contributed by atoms with van der Waals surface area (Å²) in [7, 11) is 0. The van der Waals surface area contributed by atoms with Crippen LogP contribution >= 0.6 is 0 Å². The number of carbonyl (C=O) groups excluding carboxylic acids is 2. The smallest absolute Gasteiger partial charge is 0.426 e. The Hall–Kier alpha value is -4.93. The Kier molecular flexibility index (Phi) is 13.0. The lowest BCUT2D eigenvalue weighted by Crippen LogP contribution is -2.45. The number of imide groups is 1. The fourth-order valence-corrected chi connectivity index (χ4v) is 4.87. The minimum absolute atomic E-state index is 0.136. The maximum atomic E-state index is 15.0. The van der Waals surface area contributed by atoms with Gasteiger partial charge in [-0.15, -0.1) is 23.4 Å². The summed E-state index contributed by atoms with van der Waals surface area (Å²) in [5.41, 5.74) is -9.78. The molecule has 1 aromatic carbocycles. The van der Waals surface area contributed by atoms with Crippen LogP contribution in [0.1, 0.15) is 91.7 Å². The van der Waals surface area contributed by atoms with Crippen molar-refractivity contribution in [2.45, 2.75) is 116 Å². The van der Waals surface area contributed by atoms with Crippen LogP contribution in [0.25, 0.3) is 11.6 Å². The van der Waals surface area contributed by atoms with Gasteiger partial charge in [0.05, 0.1) is 17.9 Å². The van der Waals surface area contributed by atoms with E-state index in [0.29, 0.717) is 18.1 Å². The molecule has 3 aromatic rings. The molecule has 54 heavy (non-hydrogen) atoms. The average Bonchev–Trinajstić information content (AvgIpc) is 3.50. The van der Waals surface area contributed by atoms with Gasteiger partial charge < -0.3 is 23.9 Å². The molecule has 0 bridgehead atoms. The van der Waals surface area contributed by atoms with Crippen LogP contribution in [0.5, 0.6) is 0 Å². The third kappa shape index (κ3) is 11.1. The van der Waals surface area contributed by atoms with Crippen molar-refractivity contribution in [1.29, 1.82) is 0 Å². The summed E-state index contributed by atoms with van der Waals surface area (Å²) >= 11 is 0. The number of allylic oxidation sites excluding steroid dienone is 1. The number of nitrogens with one attached hydrogen (secondary N) is 1. The number of anilines is 2. The van der Waals surface area contributed by atoms with Crippen LogP contribution in [0.2, 0.25) is 0 Å². The summed E-state index contributed by atoms with van der Waals surface area (Å²) in [6, 6.07) is 8.30. The summed E-state index contributed by atoms with van der Waals surface area (Å²) in [6.07, 6.45) is -11.2. The standard InChI is InChI=1S/C37H45F6N5O6/c1-11-13-20-34(9,10)45-27-24(36(38,39)40)21-25(48(30(49)53-32(3,4)5)31(50)54-33(6,7)8)26(44-27)28-46-47-29(52-28)35(19-12-2,37(41,42)43)51-22-23-17-15-14-16-18-23/h11-12,14-18,21H,1-2,13,19-20,22H2,3-10H3,(H,44,45)/t35-/m0/s1. The SMILES string of the molecule is C=CCCC(C)(C)Nc1nc(-c2nnc([C@](CC=C)(OCc3ccccc3)C(F)(F)F)o2)c(N(C(=O)OC(C)(C)C)C(=O)OC(C)(C)C)cc1C(F)(F)F. The van der Waals surface area contributed by atoms with E-state index in [1.807, 2.05) is 0 Å². The highest BCUT2D eigenvalue weighted by Crippen LogP contribution is 2.47. The van der Waals surface area contributed by atoms with Crippen molar-refractivity contribution in [3.05, 3.63) is 78.7 Å². The molecule has 1 atom stereocenters. The number of nitrogens with zero attached hydrogens (tertiary/aromatic N) is 4. The average molecular weight is 770 g/mol. The molecule has 3 rings (SSSR count). The fraction of sp³-hybridized carbons (Fsp3) is 0.486. The molecule has 0 aliphatic carbocycles. The van der Waals surface area contributed by atoms with Crippen molar-refractivity contribution in [3.63, 3.8) is 0 Å². The second-order valence-corrected chi connectivity index (χ2v) is 14.9. The molecule has 0 saturated heterocycles. The van der Waals surface area contributed by atoms with E-state index in [1.54, 1.807) is 38.1 Å². The van der Waals surface area contributed by atoms with E-state index >= 15 is 13.2 Å². The van der Waals surface area contributed by atoms with Gasteiger partial charge in [-0.05, 0) is 79.9 Å². The third-order valence-corrected chi connectivity index (χ3v) is 7.32. The summed E-state index contributed by atoms with van der Waals surface area (Å²) in [5, 5.41) is 10.1. The fourth-order valence-electron chi connectivity index (χ4n) is 4.87. The van der Waals surface area contributed by atoms with Crippen LogP contribution in [-0.2, 0) is 32.6 Å². The van der Waals surface area contributed by atoms with Gasteiger partial charge in [0, 0.05) is 12.0 Å². The second-order valence-electron chi connectivity index (χ2n) is 14.9. The number of hydrogen-bond acceptors (Lipinski definition) is 10. The Morgan fingerprint density at radius 3 is 1.93 bits per heavy atom. The Labute approximate surface area is 309 Å². The Bertz CT molecular complexity index is 1770. The molecule has 0 aliphatic rings. The number of aromatic nitrogens is 3. The molecule has 17 heteroatoms. The molecule has 2 heterocycles. The van der Waals surface area contributed by atoms with E-state index in [1.165, 1.54) is 53.7 Å². The van der Waals surface area contributed by atoms with E-state index in [2.05, 4.69) is 33.7 Å². The van der Waals surface area contributed by atoms with E-state index in [-0.39, 0.29) is 11.3 Å². The highest BCUT2D eigenvalue weighted by atomic mass is 19.4. The van der Waals surface area contributed by atoms with E-state index in [4.69, 9.17) is 18.6 Å². The molecule has 2 amide bonds. The zero-order valence-electron chi connectivity index (χ0n) is 31.4. The minimum Gasteiger partial charge on any atom is -0.443 e. The number of pyridine rings is 1. The molecule has 1 N–H and O–H groups in total. The monoisotopic (exact) mass is 769 g/mol. The lowest BCUT2D eigenvalue weighted by Gasteiger charge is -2.32. The zero-order valence-corrected chi connectivity index (χ0v) is 31.4. The first kappa shape index (κ1) is 43.5. The van der Waals surface area contributed by atoms with Crippen LogP contribution in [0, 0.1) is 0 Å². The van der Waals surface area contributed by atoms with Gasteiger partial charge in [0.1, 0.15) is 17.0 Å². The van der Waals surface area contributed by atoms with Crippen molar-refractivity contribution in [2.75, 3.05) is 10.2 Å². The predicted octanol–water partition coefficient (Wildman–Crippen LogP) is 10.5. The highest BCUT2D eigenvalue weighted by molar-refractivity contribution is 6.11. The summed E-state index contributed by atoms with van der Waals surface area (Å²) in [5.74, 6) is -2.88. The van der Waals surface area contributed by atoms with Gasteiger partial charge in [0.25, 0.3) is 11.8 Å². The molecular weight excluding hydrogens is 724 g/mol. The number of halogens is 6. The maximum Gasteiger partial charge on any atom is 0.426 e. The first-order chi connectivity index (χ1) is 24.7. The quantitative estimate of drug-likeness (QED) is 0.132. The molecule has 2 aromatic heterocycles. The van der Waals surface area contributed by atoms with Crippen molar-refractivity contribution < 1.29 is 54.6 Å². The number of amides is 2. The van der Waals surface area contributed by atoms with Gasteiger partial charge in [-0.25, -0.2) is 14.6 Å². The number of hydrogen-bond donors (Lipinski definition) is 1. The predicted molar refractivity (Wildman–Crippen MR) is 188 cm³/mol. The van der Waals surface area contributed by atoms with Crippen LogP contribution in [0.15, 0.2) is 66.1 Å². The molecule has 0 saturated carbocycles. The molecule has 0 spiro atoms. The number of rotatable bonds is 13. The minimum atomic E-state index is -5.21. The van der Waals surface area contributed by atoms with Crippen LogP contribution in [0.4, 0.5) is 47.4 Å². The van der Waals surface area contributed by atoms with E-state index < -0.39 is 94.5 Å². The van der Waals surface area contributed by atoms with Crippen molar-refractivity contribution in [3.8, 4) is 11.6 Å². The normalized spacial score (nSPS) is 13.8. The van der Waals surface area contributed by atoms with Gasteiger partial charge in [0.15, 0.2) is 5.69 Å². The summed E-state index contributed by atoms with van der Waals surface area (Å²) in [4.78, 5) is 31.6. The van der Waals surface area contributed by atoms with Gasteiger partial charge >= 0.3 is 24.5 Å². The number of benzene rings is 1. The molecule has 11 nitrogen and oxygen atoms in total. The van der Waals surface area contributed by atoms with Gasteiger partial charge in [-0.2, -0.15) is 31.2 Å². The van der Waals surface area contributed by atoms with Gasteiger partial charge in [-0.3, -0.25) is 0 Å². The van der Waals surface area contributed by atoms with Crippen molar-refractivity contribution in [1.82, 2.24) is 15.2 Å². The van der Waals surface area contributed by atoms with Gasteiger partial charge in [0.2, 0.25) is 5.60 Å². The molecule has 0 unspecified atom stereocenters. The maximum absolute atomic E-state index is 15.0. The molecule has 296 valence electrons. The van der Waals surface area contributed by atoms with Gasteiger partial charge in [-0.1, -0.05) is 42.5 Å². The largest absolute Gasteiger partial charge is 0.443 e. The second kappa shape index (κ2) is 16.2. The van der Waals surface area contributed by atoms with E-state index in [9.17, 15) is 22.8 Å². The van der Waals surface area contributed by atoms with Crippen molar-refractivity contribution in [2.24, 2.45) is 0 Å². The highest BCUT2D eigenvalue weighted by Gasteiger charge is 2.61. The molecule has 0 aliphatic heterocycles. The Morgan fingerprint density at radius 1 is 0.870 bits per heavy atom. The molecule has 0 radical (unpaired) electrons. The third-order valence-electron chi connectivity index (χ3n) is 7.32. The number of carbonyl (C=O) groups is 2. The lowest BCUT2D eigenvalue weighted by molar-refractivity contribution is -0.295. The Morgan fingerprint density at radius 2 is 1.44 bits per heavy atom. The summed E-state index contributed by atoms with van der Waals surface area (Å²) < 4.78 is 112.